The Morgan fingerprint density at radius 1 is 1.57 bits per heavy atom. The van der Waals surface area contributed by atoms with E-state index in [0.29, 0.717) is 6.04 Å². The SMILES string of the molecule is CCCC(CSc1ccoc1C)NC. The highest BCUT2D eigenvalue weighted by atomic mass is 32.2. The monoisotopic (exact) mass is 213 g/mol. The zero-order valence-corrected chi connectivity index (χ0v) is 9.99. The summed E-state index contributed by atoms with van der Waals surface area (Å²) in [7, 11) is 2.03. The Hall–Kier alpha value is -0.410. The second kappa shape index (κ2) is 6.14. The highest BCUT2D eigenvalue weighted by Crippen LogP contribution is 2.24. The first kappa shape index (κ1) is 11.7. The summed E-state index contributed by atoms with van der Waals surface area (Å²) >= 11 is 1.87. The summed E-state index contributed by atoms with van der Waals surface area (Å²) in [6.45, 7) is 4.23. The summed E-state index contributed by atoms with van der Waals surface area (Å²) in [5.41, 5.74) is 0. The predicted octanol–water partition coefficient (Wildman–Crippen LogP) is 3.07. The first-order valence-electron chi connectivity index (χ1n) is 5.12. The number of hydrogen-bond acceptors (Lipinski definition) is 3. The van der Waals surface area contributed by atoms with Gasteiger partial charge in [-0.05, 0) is 26.5 Å². The van der Waals surface area contributed by atoms with Gasteiger partial charge in [-0.3, -0.25) is 0 Å². The van der Waals surface area contributed by atoms with Crippen molar-refractivity contribution in [2.75, 3.05) is 12.8 Å². The van der Waals surface area contributed by atoms with Crippen LogP contribution in [0.5, 0.6) is 0 Å². The molecule has 0 saturated carbocycles. The molecule has 1 heterocycles. The van der Waals surface area contributed by atoms with Gasteiger partial charge in [0.15, 0.2) is 0 Å². The molecule has 0 radical (unpaired) electrons. The quantitative estimate of drug-likeness (QED) is 0.735. The molecule has 0 saturated heterocycles. The van der Waals surface area contributed by atoms with Crippen LogP contribution in [-0.2, 0) is 0 Å². The molecule has 1 N–H and O–H groups in total. The number of furan rings is 1. The van der Waals surface area contributed by atoms with E-state index in [-0.39, 0.29) is 0 Å². The van der Waals surface area contributed by atoms with Gasteiger partial charge in [0.1, 0.15) is 5.76 Å². The van der Waals surface area contributed by atoms with Crippen molar-refractivity contribution < 1.29 is 4.42 Å². The Kier molecular flexibility index (Phi) is 5.12. The molecule has 1 unspecified atom stereocenters. The van der Waals surface area contributed by atoms with Gasteiger partial charge in [0.25, 0.3) is 0 Å². The minimum absolute atomic E-state index is 0.610. The molecule has 1 aromatic heterocycles. The topological polar surface area (TPSA) is 25.2 Å². The Balaban J connectivity index is 2.35. The largest absolute Gasteiger partial charge is 0.468 e. The minimum atomic E-state index is 0.610. The van der Waals surface area contributed by atoms with Crippen LogP contribution in [-0.4, -0.2) is 18.8 Å². The number of aryl methyl sites for hydroxylation is 1. The van der Waals surface area contributed by atoms with Gasteiger partial charge < -0.3 is 9.73 Å². The van der Waals surface area contributed by atoms with Crippen LogP contribution in [0.2, 0.25) is 0 Å². The van der Waals surface area contributed by atoms with E-state index in [1.165, 1.54) is 17.7 Å². The molecule has 0 aliphatic heterocycles. The third kappa shape index (κ3) is 3.39. The molecular formula is C11H19NOS. The van der Waals surface area contributed by atoms with Crippen LogP contribution >= 0.6 is 11.8 Å². The van der Waals surface area contributed by atoms with Crippen LogP contribution in [0.3, 0.4) is 0 Å². The molecule has 1 rings (SSSR count). The van der Waals surface area contributed by atoms with E-state index in [0.717, 1.165) is 11.5 Å². The molecule has 1 aromatic rings. The van der Waals surface area contributed by atoms with E-state index in [1.54, 1.807) is 6.26 Å². The molecule has 2 nitrogen and oxygen atoms in total. The van der Waals surface area contributed by atoms with E-state index in [9.17, 15) is 0 Å². The molecule has 14 heavy (non-hydrogen) atoms. The lowest BCUT2D eigenvalue weighted by molar-refractivity contribution is 0.526. The second-order valence-electron chi connectivity index (χ2n) is 3.43. The van der Waals surface area contributed by atoms with Gasteiger partial charge in [-0.1, -0.05) is 13.3 Å². The summed E-state index contributed by atoms with van der Waals surface area (Å²) in [6.07, 6.45) is 4.22. The van der Waals surface area contributed by atoms with Crippen LogP contribution in [0.15, 0.2) is 21.6 Å². The molecule has 0 fully saturated rings. The first-order valence-corrected chi connectivity index (χ1v) is 6.10. The summed E-state index contributed by atoms with van der Waals surface area (Å²) in [5.74, 6) is 2.14. The fourth-order valence-electron chi connectivity index (χ4n) is 1.37. The summed E-state index contributed by atoms with van der Waals surface area (Å²) in [6, 6.07) is 2.65. The van der Waals surface area contributed by atoms with Crippen molar-refractivity contribution in [3.8, 4) is 0 Å². The Morgan fingerprint density at radius 2 is 2.36 bits per heavy atom. The standard InChI is InChI=1S/C11H19NOS/c1-4-5-10(12-3)8-14-11-6-7-13-9(11)2/h6-7,10,12H,4-5,8H2,1-3H3. The van der Waals surface area contributed by atoms with Gasteiger partial charge in [0.05, 0.1) is 6.26 Å². The summed E-state index contributed by atoms with van der Waals surface area (Å²) in [4.78, 5) is 1.27. The number of rotatable bonds is 6. The number of thioether (sulfide) groups is 1. The van der Waals surface area contributed by atoms with E-state index in [2.05, 4.69) is 12.2 Å². The van der Waals surface area contributed by atoms with E-state index < -0.39 is 0 Å². The summed E-state index contributed by atoms with van der Waals surface area (Å²) in [5, 5.41) is 3.33. The van der Waals surface area contributed by atoms with Crippen molar-refractivity contribution >= 4 is 11.8 Å². The van der Waals surface area contributed by atoms with Crippen molar-refractivity contribution in [2.45, 2.75) is 37.6 Å². The van der Waals surface area contributed by atoms with E-state index in [4.69, 9.17) is 4.42 Å². The molecule has 80 valence electrons. The van der Waals surface area contributed by atoms with Crippen LogP contribution in [0, 0.1) is 6.92 Å². The van der Waals surface area contributed by atoms with Crippen molar-refractivity contribution in [2.24, 2.45) is 0 Å². The Morgan fingerprint density at radius 3 is 2.86 bits per heavy atom. The van der Waals surface area contributed by atoms with Gasteiger partial charge in [-0.15, -0.1) is 11.8 Å². The fraction of sp³-hybridized carbons (Fsp3) is 0.636. The highest BCUT2D eigenvalue weighted by molar-refractivity contribution is 7.99. The molecule has 0 amide bonds. The zero-order valence-electron chi connectivity index (χ0n) is 9.17. The van der Waals surface area contributed by atoms with Crippen molar-refractivity contribution in [1.29, 1.82) is 0 Å². The highest BCUT2D eigenvalue weighted by Gasteiger charge is 2.07. The Labute approximate surface area is 90.5 Å². The average molecular weight is 213 g/mol. The molecule has 0 spiro atoms. The van der Waals surface area contributed by atoms with Crippen LogP contribution in [0.1, 0.15) is 25.5 Å². The van der Waals surface area contributed by atoms with E-state index in [1.807, 2.05) is 31.8 Å². The van der Waals surface area contributed by atoms with Crippen LogP contribution in [0.25, 0.3) is 0 Å². The third-order valence-corrected chi connectivity index (χ3v) is 3.60. The predicted molar refractivity (Wildman–Crippen MR) is 61.9 cm³/mol. The van der Waals surface area contributed by atoms with Crippen molar-refractivity contribution in [3.05, 3.63) is 18.1 Å². The lowest BCUT2D eigenvalue weighted by Crippen LogP contribution is -2.27. The van der Waals surface area contributed by atoms with Gasteiger partial charge >= 0.3 is 0 Å². The van der Waals surface area contributed by atoms with Crippen molar-refractivity contribution in [1.82, 2.24) is 5.32 Å². The number of hydrogen-bond donors (Lipinski definition) is 1. The molecule has 3 heteroatoms. The smallest absolute Gasteiger partial charge is 0.114 e. The molecule has 0 aliphatic carbocycles. The maximum absolute atomic E-state index is 5.25. The lowest BCUT2D eigenvalue weighted by Gasteiger charge is -2.13. The average Bonchev–Trinajstić information content (AvgIpc) is 2.59. The maximum Gasteiger partial charge on any atom is 0.114 e. The Bertz CT molecular complexity index is 260. The lowest BCUT2D eigenvalue weighted by atomic mass is 10.2. The third-order valence-electron chi connectivity index (χ3n) is 2.30. The van der Waals surface area contributed by atoms with Gasteiger partial charge in [-0.25, -0.2) is 0 Å². The number of nitrogens with one attached hydrogen (secondary N) is 1. The minimum Gasteiger partial charge on any atom is -0.468 e. The maximum atomic E-state index is 5.25. The van der Waals surface area contributed by atoms with Gasteiger partial charge in [0.2, 0.25) is 0 Å². The van der Waals surface area contributed by atoms with Gasteiger partial charge in [-0.2, -0.15) is 0 Å². The molecule has 1 atom stereocenters. The van der Waals surface area contributed by atoms with Crippen LogP contribution < -0.4 is 5.32 Å². The van der Waals surface area contributed by atoms with Gasteiger partial charge in [0, 0.05) is 16.7 Å². The fourth-order valence-corrected chi connectivity index (χ4v) is 2.49. The zero-order chi connectivity index (χ0) is 10.4. The molecular weight excluding hydrogens is 194 g/mol. The molecule has 0 aliphatic rings. The van der Waals surface area contributed by atoms with Crippen LogP contribution in [0.4, 0.5) is 0 Å². The first-order chi connectivity index (χ1) is 6.77. The normalized spacial score (nSPS) is 13.1. The van der Waals surface area contributed by atoms with Crippen molar-refractivity contribution in [3.63, 3.8) is 0 Å². The van der Waals surface area contributed by atoms with E-state index >= 15 is 0 Å². The molecule has 0 bridgehead atoms. The summed E-state index contributed by atoms with van der Waals surface area (Å²) < 4.78 is 5.25. The molecule has 0 aromatic carbocycles. The second-order valence-corrected chi connectivity index (χ2v) is 4.49.